The molecule has 0 aliphatic carbocycles. The molecule has 1 unspecified atom stereocenters. The van der Waals surface area contributed by atoms with E-state index in [1.807, 2.05) is 36.9 Å². The molecule has 0 fully saturated rings. The molecule has 2 amide bonds. The molecule has 2 N–H and O–H groups in total. The maximum Gasteiger partial charge on any atom is 0.318 e. The van der Waals surface area contributed by atoms with Crippen molar-refractivity contribution in [2.45, 2.75) is 39.3 Å². The highest BCUT2D eigenvalue weighted by atomic mass is 19.1. The Labute approximate surface area is 220 Å². The second-order valence-corrected chi connectivity index (χ2v) is 9.59. The van der Waals surface area contributed by atoms with Gasteiger partial charge in [0.05, 0.1) is 24.9 Å². The Morgan fingerprint density at radius 3 is 2.82 bits per heavy atom. The van der Waals surface area contributed by atoms with E-state index >= 15 is 0 Å². The molecule has 2 heterocycles. The predicted octanol–water partition coefficient (Wildman–Crippen LogP) is 5.61. The number of fused-ring (bicyclic) bond motifs is 1. The molecule has 196 valence electrons. The summed E-state index contributed by atoms with van der Waals surface area (Å²) in [6.45, 7) is 5.08. The van der Waals surface area contributed by atoms with E-state index in [0.717, 1.165) is 33.4 Å². The Morgan fingerprint density at radius 2 is 2.05 bits per heavy atom. The minimum atomic E-state index is -0.372. The lowest BCUT2D eigenvalue weighted by molar-refractivity contribution is 0.179. The molecule has 1 atom stereocenters. The van der Waals surface area contributed by atoms with Crippen LogP contribution in [0.15, 0.2) is 71.7 Å². The number of amides is 2. The Kier molecular flexibility index (Phi) is 7.31. The van der Waals surface area contributed by atoms with Gasteiger partial charge in [0.2, 0.25) is 0 Å². The maximum absolute atomic E-state index is 13.5. The summed E-state index contributed by atoms with van der Waals surface area (Å²) in [5, 5.41) is 13.7. The van der Waals surface area contributed by atoms with Gasteiger partial charge in [0.15, 0.2) is 17.9 Å². The molecule has 4 aromatic rings. The monoisotopic (exact) mass is 515 g/mol. The molecule has 1 aliphatic heterocycles. The zero-order chi connectivity index (χ0) is 26.6. The van der Waals surface area contributed by atoms with Crippen LogP contribution in [0.2, 0.25) is 0 Å². The number of oxazole rings is 1. The largest absolute Gasteiger partial charge is 0.504 e. The summed E-state index contributed by atoms with van der Waals surface area (Å²) in [7, 11) is 0. The third-order valence-electron chi connectivity index (χ3n) is 6.87. The minimum Gasteiger partial charge on any atom is -0.504 e. The molecule has 0 radical (unpaired) electrons. The number of hydrogen-bond donors (Lipinski definition) is 2. The molecule has 3 aromatic carbocycles. The minimum absolute atomic E-state index is 0.0475. The molecule has 8 heteroatoms. The third-order valence-corrected chi connectivity index (χ3v) is 6.87. The topological polar surface area (TPSA) is 87.8 Å². The van der Waals surface area contributed by atoms with E-state index in [9.17, 15) is 14.3 Å². The maximum atomic E-state index is 13.5. The molecule has 0 saturated carbocycles. The van der Waals surface area contributed by atoms with Crippen LogP contribution in [-0.2, 0) is 19.4 Å². The van der Waals surface area contributed by atoms with Gasteiger partial charge >= 0.3 is 6.03 Å². The van der Waals surface area contributed by atoms with Crippen molar-refractivity contribution in [3.63, 3.8) is 0 Å². The number of nitrogens with one attached hydrogen (secondary N) is 1. The molecule has 1 aromatic heterocycles. The number of urea groups is 1. The Bertz CT molecular complexity index is 1440. The van der Waals surface area contributed by atoms with Crippen LogP contribution in [0.25, 0.3) is 0 Å². The fraction of sp³-hybridized carbons (Fsp3) is 0.267. The van der Waals surface area contributed by atoms with Crippen molar-refractivity contribution < 1.29 is 23.4 Å². The highest BCUT2D eigenvalue weighted by molar-refractivity contribution is 5.76. The van der Waals surface area contributed by atoms with Crippen LogP contribution in [-0.4, -0.2) is 34.2 Å². The SMILES string of the molecule is Cc1ccc(C2c3cc(OCCc4cccc(F)c4)c(O)cc3CCN2C(=O)NCc2cocn2)c(C)c1. The molecule has 7 nitrogen and oxygen atoms in total. The lowest BCUT2D eigenvalue weighted by atomic mass is 9.85. The van der Waals surface area contributed by atoms with Gasteiger partial charge in [-0.25, -0.2) is 14.2 Å². The number of phenols is 1. The molecule has 0 bridgehead atoms. The van der Waals surface area contributed by atoms with Crippen molar-refractivity contribution in [3.05, 3.63) is 112 Å². The number of carbonyl (C=O) groups excluding carboxylic acids is 1. The average Bonchev–Trinajstić information content (AvgIpc) is 3.41. The quantitative estimate of drug-likeness (QED) is 0.334. The van der Waals surface area contributed by atoms with Crippen LogP contribution in [0, 0.1) is 19.7 Å². The second-order valence-electron chi connectivity index (χ2n) is 9.59. The Balaban J connectivity index is 1.44. The summed E-state index contributed by atoms with van der Waals surface area (Å²) in [6.07, 6.45) is 3.92. The lowest BCUT2D eigenvalue weighted by Crippen LogP contribution is -2.46. The number of ether oxygens (including phenoxy) is 1. The first-order chi connectivity index (χ1) is 18.4. The van der Waals surface area contributed by atoms with Crippen molar-refractivity contribution in [3.8, 4) is 11.5 Å². The lowest BCUT2D eigenvalue weighted by Gasteiger charge is -2.38. The van der Waals surface area contributed by atoms with Gasteiger partial charge in [-0.15, -0.1) is 0 Å². The van der Waals surface area contributed by atoms with Crippen LogP contribution in [0.4, 0.5) is 9.18 Å². The van der Waals surface area contributed by atoms with E-state index in [1.54, 1.807) is 12.1 Å². The van der Waals surface area contributed by atoms with Crippen LogP contribution >= 0.6 is 0 Å². The number of hydrogen-bond acceptors (Lipinski definition) is 5. The molecule has 0 spiro atoms. The standard InChI is InChI=1S/C30H30FN3O4/c1-19-6-7-25(20(2)12-19)29-26-15-28(38-11-9-21-4-3-5-23(31)13-21)27(35)14-22(26)8-10-34(29)30(36)32-16-24-17-37-18-33-24/h3-7,12-15,17-18,29,35H,8-11,16H2,1-2H3,(H,32,36). The fourth-order valence-electron chi connectivity index (χ4n) is 5.00. The summed E-state index contributed by atoms with van der Waals surface area (Å²) >= 11 is 0. The van der Waals surface area contributed by atoms with Crippen molar-refractivity contribution >= 4 is 6.03 Å². The zero-order valence-electron chi connectivity index (χ0n) is 21.4. The number of rotatable bonds is 7. The zero-order valence-corrected chi connectivity index (χ0v) is 21.4. The first kappa shape index (κ1) is 25.3. The van der Waals surface area contributed by atoms with Gasteiger partial charge in [0, 0.05) is 13.0 Å². The molecular formula is C30H30FN3O4. The summed E-state index contributed by atoms with van der Waals surface area (Å²) in [5.41, 5.74) is 6.52. The van der Waals surface area contributed by atoms with Gasteiger partial charge in [0.1, 0.15) is 12.1 Å². The molecule has 1 aliphatic rings. The van der Waals surface area contributed by atoms with Crippen molar-refractivity contribution in [1.29, 1.82) is 0 Å². The van der Waals surface area contributed by atoms with Gasteiger partial charge in [-0.3, -0.25) is 0 Å². The number of carbonyl (C=O) groups is 1. The Morgan fingerprint density at radius 1 is 1.18 bits per heavy atom. The van der Waals surface area contributed by atoms with E-state index in [2.05, 4.69) is 22.4 Å². The number of aryl methyl sites for hydroxylation is 2. The van der Waals surface area contributed by atoms with Gasteiger partial charge in [-0.1, -0.05) is 35.9 Å². The molecular weight excluding hydrogens is 485 g/mol. The number of aromatic nitrogens is 1. The predicted molar refractivity (Wildman–Crippen MR) is 141 cm³/mol. The number of phenolic OH excluding ortho intramolecular Hbond substituents is 1. The number of halogens is 1. The molecule has 0 saturated heterocycles. The summed E-state index contributed by atoms with van der Waals surface area (Å²) in [5.74, 6) is 0.0865. The van der Waals surface area contributed by atoms with Crippen molar-refractivity contribution in [1.82, 2.24) is 15.2 Å². The van der Waals surface area contributed by atoms with Crippen molar-refractivity contribution in [2.75, 3.05) is 13.2 Å². The van der Waals surface area contributed by atoms with Gasteiger partial charge < -0.3 is 24.5 Å². The summed E-state index contributed by atoms with van der Waals surface area (Å²) in [4.78, 5) is 19.3. The number of aromatic hydroxyl groups is 1. The van der Waals surface area contributed by atoms with Crippen LogP contribution in [0.1, 0.15) is 45.1 Å². The molecule has 5 rings (SSSR count). The van der Waals surface area contributed by atoms with Gasteiger partial charge in [0.25, 0.3) is 0 Å². The smallest absolute Gasteiger partial charge is 0.318 e. The van der Waals surface area contributed by atoms with E-state index in [-0.39, 0.29) is 36.8 Å². The first-order valence-electron chi connectivity index (χ1n) is 12.6. The molecule has 38 heavy (non-hydrogen) atoms. The van der Waals surface area contributed by atoms with Gasteiger partial charge in [-0.2, -0.15) is 0 Å². The fourth-order valence-corrected chi connectivity index (χ4v) is 5.00. The van der Waals surface area contributed by atoms with Crippen LogP contribution < -0.4 is 10.1 Å². The van der Waals surface area contributed by atoms with Crippen LogP contribution in [0.3, 0.4) is 0 Å². The van der Waals surface area contributed by atoms with E-state index in [1.165, 1.54) is 24.8 Å². The second kappa shape index (κ2) is 11.0. The number of nitrogens with zero attached hydrogens (tertiary/aromatic N) is 2. The van der Waals surface area contributed by atoms with Crippen molar-refractivity contribution in [2.24, 2.45) is 0 Å². The van der Waals surface area contributed by atoms with E-state index in [4.69, 9.17) is 9.15 Å². The highest BCUT2D eigenvalue weighted by Gasteiger charge is 2.34. The summed E-state index contributed by atoms with van der Waals surface area (Å²) < 4.78 is 24.5. The van der Waals surface area contributed by atoms with E-state index < -0.39 is 0 Å². The average molecular weight is 516 g/mol. The van der Waals surface area contributed by atoms with Crippen LogP contribution in [0.5, 0.6) is 11.5 Å². The number of benzene rings is 3. The normalized spacial score (nSPS) is 14.7. The van der Waals surface area contributed by atoms with E-state index in [0.29, 0.717) is 30.8 Å². The first-order valence-corrected chi connectivity index (χ1v) is 12.6. The highest BCUT2D eigenvalue weighted by Crippen LogP contribution is 2.41. The summed E-state index contributed by atoms with van der Waals surface area (Å²) in [6, 6.07) is 15.5. The van der Waals surface area contributed by atoms with Gasteiger partial charge in [-0.05, 0) is 72.4 Å². The Hall–Kier alpha value is -4.33. The third kappa shape index (κ3) is 5.49.